The molecule has 5 N–H and O–H groups in total. The maximum Gasteiger partial charge on any atom is 0.237 e. The molecule has 2 aromatic rings. The summed E-state index contributed by atoms with van der Waals surface area (Å²) >= 11 is 0. The summed E-state index contributed by atoms with van der Waals surface area (Å²) in [6.07, 6.45) is 1.79. The van der Waals surface area contributed by atoms with Crippen LogP contribution in [0.2, 0.25) is 0 Å². The Kier molecular flexibility index (Phi) is 4.22. The third-order valence-corrected chi connectivity index (χ3v) is 3.06. The average molecular weight is 288 g/mol. The SMILES string of the molecule is NC(=O)CN(CC(N)=O)C(=O)Cc1c[nH]c2ccccc12. The molecule has 0 unspecified atom stereocenters. The van der Waals surface area contributed by atoms with Crippen molar-refractivity contribution in [1.29, 1.82) is 0 Å². The van der Waals surface area contributed by atoms with Crippen molar-refractivity contribution in [3.63, 3.8) is 0 Å². The number of hydrogen-bond donors (Lipinski definition) is 3. The zero-order valence-corrected chi connectivity index (χ0v) is 11.3. The Balaban J connectivity index is 2.17. The van der Waals surface area contributed by atoms with E-state index in [1.165, 1.54) is 0 Å². The smallest absolute Gasteiger partial charge is 0.237 e. The first kappa shape index (κ1) is 14.6. The van der Waals surface area contributed by atoms with Gasteiger partial charge in [-0.3, -0.25) is 14.4 Å². The summed E-state index contributed by atoms with van der Waals surface area (Å²) in [5, 5.41) is 0.920. The van der Waals surface area contributed by atoms with E-state index in [-0.39, 0.29) is 25.4 Å². The second-order valence-corrected chi connectivity index (χ2v) is 4.72. The molecule has 2 rings (SSSR count). The van der Waals surface area contributed by atoms with E-state index >= 15 is 0 Å². The number of rotatable bonds is 6. The van der Waals surface area contributed by atoms with Gasteiger partial charge in [0.25, 0.3) is 0 Å². The largest absolute Gasteiger partial charge is 0.368 e. The molecule has 0 saturated carbocycles. The molecule has 0 bridgehead atoms. The minimum absolute atomic E-state index is 0.0601. The minimum Gasteiger partial charge on any atom is -0.368 e. The first-order chi connectivity index (χ1) is 9.97. The fourth-order valence-electron chi connectivity index (χ4n) is 2.16. The Morgan fingerprint density at radius 2 is 1.67 bits per heavy atom. The molecule has 1 aromatic carbocycles. The Hall–Kier alpha value is -2.83. The second kappa shape index (κ2) is 6.08. The van der Waals surface area contributed by atoms with Gasteiger partial charge in [-0.1, -0.05) is 18.2 Å². The van der Waals surface area contributed by atoms with Crippen LogP contribution >= 0.6 is 0 Å². The van der Waals surface area contributed by atoms with Gasteiger partial charge in [0.05, 0.1) is 19.5 Å². The molecule has 0 spiro atoms. The zero-order valence-electron chi connectivity index (χ0n) is 11.3. The standard InChI is InChI=1S/C14H16N4O3/c15-12(19)7-18(8-13(16)20)14(21)5-9-6-17-11-4-2-1-3-10(9)11/h1-4,6,17H,5,7-8H2,(H2,15,19)(H2,16,20). The van der Waals surface area contributed by atoms with Gasteiger partial charge < -0.3 is 21.4 Å². The molecule has 3 amide bonds. The van der Waals surface area contributed by atoms with Crippen molar-refractivity contribution >= 4 is 28.6 Å². The molecular weight excluding hydrogens is 272 g/mol. The molecule has 7 heteroatoms. The summed E-state index contributed by atoms with van der Waals surface area (Å²) in [6.45, 7) is -0.658. The number of benzene rings is 1. The van der Waals surface area contributed by atoms with E-state index in [4.69, 9.17) is 11.5 Å². The number of nitrogens with zero attached hydrogens (tertiary/aromatic N) is 1. The summed E-state index contributed by atoms with van der Waals surface area (Å²) in [5.41, 5.74) is 11.9. The normalized spacial score (nSPS) is 10.5. The number of H-pyrrole nitrogens is 1. The predicted molar refractivity (Wildman–Crippen MR) is 77.0 cm³/mol. The minimum atomic E-state index is -0.691. The van der Waals surface area contributed by atoms with E-state index in [9.17, 15) is 14.4 Å². The van der Waals surface area contributed by atoms with Crippen LogP contribution in [0.5, 0.6) is 0 Å². The van der Waals surface area contributed by atoms with Crippen molar-refractivity contribution in [2.75, 3.05) is 13.1 Å². The zero-order chi connectivity index (χ0) is 15.4. The topological polar surface area (TPSA) is 122 Å². The fraction of sp³-hybridized carbons (Fsp3) is 0.214. The number of carbonyl (C=O) groups is 3. The van der Waals surface area contributed by atoms with Crippen molar-refractivity contribution in [2.24, 2.45) is 11.5 Å². The highest BCUT2D eigenvalue weighted by atomic mass is 16.2. The Labute approximate surface area is 120 Å². The fourth-order valence-corrected chi connectivity index (χ4v) is 2.16. The van der Waals surface area contributed by atoms with Gasteiger partial charge in [0.1, 0.15) is 0 Å². The molecule has 1 aromatic heterocycles. The van der Waals surface area contributed by atoms with Gasteiger partial charge in [-0.05, 0) is 11.6 Å². The molecule has 110 valence electrons. The van der Waals surface area contributed by atoms with Gasteiger partial charge in [-0.25, -0.2) is 0 Å². The Bertz CT molecular complexity index is 676. The number of hydrogen-bond acceptors (Lipinski definition) is 3. The molecule has 0 saturated heterocycles. The maximum absolute atomic E-state index is 12.2. The van der Waals surface area contributed by atoms with Gasteiger partial charge in [-0.2, -0.15) is 0 Å². The number of carbonyl (C=O) groups excluding carboxylic acids is 3. The summed E-state index contributed by atoms with van der Waals surface area (Å²) < 4.78 is 0. The molecule has 0 aliphatic carbocycles. The lowest BCUT2D eigenvalue weighted by Gasteiger charge is -2.19. The number of amides is 3. The van der Waals surface area contributed by atoms with Crippen LogP contribution in [0.1, 0.15) is 5.56 Å². The molecule has 7 nitrogen and oxygen atoms in total. The van der Waals surface area contributed by atoms with E-state index in [1.54, 1.807) is 6.20 Å². The molecule has 21 heavy (non-hydrogen) atoms. The Morgan fingerprint density at radius 1 is 1.05 bits per heavy atom. The van der Waals surface area contributed by atoms with Gasteiger partial charge in [0.15, 0.2) is 0 Å². The van der Waals surface area contributed by atoms with Gasteiger partial charge in [0, 0.05) is 17.1 Å². The van der Waals surface area contributed by atoms with Gasteiger partial charge >= 0.3 is 0 Å². The van der Waals surface area contributed by atoms with Crippen LogP contribution in [-0.2, 0) is 20.8 Å². The third-order valence-electron chi connectivity index (χ3n) is 3.06. The van der Waals surface area contributed by atoms with E-state index in [0.29, 0.717) is 0 Å². The van der Waals surface area contributed by atoms with E-state index in [2.05, 4.69) is 4.98 Å². The number of nitrogens with one attached hydrogen (secondary N) is 1. The highest BCUT2D eigenvalue weighted by molar-refractivity contribution is 5.92. The predicted octanol–water partition coefficient (Wildman–Crippen LogP) is -0.490. The van der Waals surface area contributed by atoms with Crippen LogP contribution in [0.3, 0.4) is 0 Å². The van der Waals surface area contributed by atoms with Gasteiger partial charge in [-0.15, -0.1) is 0 Å². The van der Waals surface area contributed by atoms with Crippen molar-refractivity contribution < 1.29 is 14.4 Å². The maximum atomic E-state index is 12.2. The summed E-state index contributed by atoms with van der Waals surface area (Å²) in [7, 11) is 0. The molecule has 0 aliphatic rings. The van der Waals surface area contributed by atoms with Crippen molar-refractivity contribution in [1.82, 2.24) is 9.88 Å². The highest BCUT2D eigenvalue weighted by Crippen LogP contribution is 2.18. The van der Waals surface area contributed by atoms with Crippen molar-refractivity contribution in [3.8, 4) is 0 Å². The molecule has 0 atom stereocenters. The average Bonchev–Trinajstić information content (AvgIpc) is 2.80. The van der Waals surface area contributed by atoms with Crippen LogP contribution in [0, 0.1) is 0 Å². The first-order valence-electron chi connectivity index (χ1n) is 6.36. The highest BCUT2D eigenvalue weighted by Gasteiger charge is 2.19. The van der Waals surface area contributed by atoms with Crippen LogP contribution in [0.15, 0.2) is 30.5 Å². The summed E-state index contributed by atoms with van der Waals surface area (Å²) in [4.78, 5) is 38.3. The lowest BCUT2D eigenvalue weighted by atomic mass is 10.1. The van der Waals surface area contributed by atoms with Crippen LogP contribution in [0.4, 0.5) is 0 Å². The van der Waals surface area contributed by atoms with E-state index < -0.39 is 11.8 Å². The van der Waals surface area contributed by atoms with Crippen molar-refractivity contribution in [2.45, 2.75) is 6.42 Å². The quantitative estimate of drug-likeness (QED) is 0.664. The number of fused-ring (bicyclic) bond motifs is 1. The second-order valence-electron chi connectivity index (χ2n) is 4.72. The van der Waals surface area contributed by atoms with Crippen LogP contribution in [-0.4, -0.2) is 40.7 Å². The monoisotopic (exact) mass is 288 g/mol. The lowest BCUT2D eigenvalue weighted by molar-refractivity contribution is -0.137. The number of aromatic amines is 1. The lowest BCUT2D eigenvalue weighted by Crippen LogP contribution is -2.43. The Morgan fingerprint density at radius 3 is 2.29 bits per heavy atom. The number of para-hydroxylation sites is 1. The van der Waals surface area contributed by atoms with Crippen molar-refractivity contribution in [3.05, 3.63) is 36.0 Å². The number of nitrogens with two attached hydrogens (primary N) is 2. The molecule has 0 aliphatic heterocycles. The first-order valence-corrected chi connectivity index (χ1v) is 6.36. The number of primary amides is 2. The molecular formula is C14H16N4O3. The van der Waals surface area contributed by atoms with Crippen LogP contribution in [0.25, 0.3) is 10.9 Å². The van der Waals surface area contributed by atoms with E-state index in [1.807, 2.05) is 24.3 Å². The third kappa shape index (κ3) is 3.59. The molecule has 0 radical (unpaired) electrons. The molecule has 0 fully saturated rings. The van der Waals surface area contributed by atoms with Gasteiger partial charge in [0.2, 0.25) is 17.7 Å². The van der Waals surface area contributed by atoms with Crippen LogP contribution < -0.4 is 11.5 Å². The summed E-state index contributed by atoms with van der Waals surface area (Å²) in [6, 6.07) is 7.54. The van der Waals surface area contributed by atoms with E-state index in [0.717, 1.165) is 21.4 Å². The summed E-state index contributed by atoms with van der Waals surface area (Å²) in [5.74, 6) is -1.76. The number of aromatic nitrogens is 1. The molecule has 1 heterocycles.